The fourth-order valence-electron chi connectivity index (χ4n) is 1.80. The smallest absolute Gasteiger partial charge is 0.133 e. The lowest BCUT2D eigenvalue weighted by Crippen LogP contribution is -1.98. The summed E-state index contributed by atoms with van der Waals surface area (Å²) in [4.78, 5) is 0. The molecule has 94 valence electrons. The van der Waals surface area contributed by atoms with E-state index >= 15 is 0 Å². The molecule has 2 aromatic rings. The minimum Gasteiger partial charge on any atom is -0.457 e. The van der Waals surface area contributed by atoms with Crippen LogP contribution in [0.2, 0.25) is 0 Å². The van der Waals surface area contributed by atoms with Crippen LogP contribution >= 0.6 is 0 Å². The van der Waals surface area contributed by atoms with E-state index in [-0.39, 0.29) is 0 Å². The lowest BCUT2D eigenvalue weighted by atomic mass is 10.1. The van der Waals surface area contributed by atoms with Gasteiger partial charge in [0, 0.05) is 5.56 Å². The molecular weight excluding hydrogens is 224 g/mol. The van der Waals surface area contributed by atoms with Crippen LogP contribution in [0.15, 0.2) is 48.5 Å². The van der Waals surface area contributed by atoms with Crippen molar-refractivity contribution in [1.29, 1.82) is 0 Å². The average molecular weight is 242 g/mol. The van der Waals surface area contributed by atoms with E-state index in [0.29, 0.717) is 6.42 Å². The standard InChI is InChI=1S/C16H18O2/c1-3-15(17)14-6-4-5-7-16(14)18-13-10-8-12(2)9-11-13/h4-11,15,17H,3H2,1-2H3. The molecule has 0 saturated heterocycles. The van der Waals surface area contributed by atoms with Crippen LogP contribution in [0.5, 0.6) is 11.5 Å². The van der Waals surface area contributed by atoms with Gasteiger partial charge >= 0.3 is 0 Å². The lowest BCUT2D eigenvalue weighted by molar-refractivity contribution is 0.170. The number of benzene rings is 2. The molecule has 0 heterocycles. The van der Waals surface area contributed by atoms with Gasteiger partial charge in [0.2, 0.25) is 0 Å². The van der Waals surface area contributed by atoms with Crippen molar-refractivity contribution in [1.82, 2.24) is 0 Å². The summed E-state index contributed by atoms with van der Waals surface area (Å²) in [7, 11) is 0. The van der Waals surface area contributed by atoms with Gasteiger partial charge in [-0.15, -0.1) is 0 Å². The first-order chi connectivity index (χ1) is 8.70. The maximum absolute atomic E-state index is 9.95. The van der Waals surface area contributed by atoms with Crippen LogP contribution in [0, 0.1) is 6.92 Å². The van der Waals surface area contributed by atoms with Crippen molar-refractivity contribution in [2.45, 2.75) is 26.4 Å². The van der Waals surface area contributed by atoms with Crippen LogP contribution in [0.3, 0.4) is 0 Å². The van der Waals surface area contributed by atoms with E-state index in [2.05, 4.69) is 0 Å². The fourth-order valence-corrected chi connectivity index (χ4v) is 1.80. The van der Waals surface area contributed by atoms with Crippen LogP contribution in [-0.2, 0) is 0 Å². The van der Waals surface area contributed by atoms with Crippen molar-refractivity contribution < 1.29 is 9.84 Å². The van der Waals surface area contributed by atoms with Crippen molar-refractivity contribution in [3.63, 3.8) is 0 Å². The van der Waals surface area contributed by atoms with Crippen molar-refractivity contribution in [3.05, 3.63) is 59.7 Å². The number of aliphatic hydroxyl groups is 1. The maximum Gasteiger partial charge on any atom is 0.133 e. The summed E-state index contributed by atoms with van der Waals surface area (Å²) in [6.07, 6.45) is 0.195. The molecule has 1 unspecified atom stereocenters. The van der Waals surface area contributed by atoms with Gasteiger partial charge in [0.15, 0.2) is 0 Å². The molecule has 0 spiro atoms. The van der Waals surface area contributed by atoms with Crippen LogP contribution < -0.4 is 4.74 Å². The Morgan fingerprint density at radius 1 is 1.06 bits per heavy atom. The Balaban J connectivity index is 2.26. The second-order valence-corrected chi connectivity index (χ2v) is 4.38. The number of hydrogen-bond acceptors (Lipinski definition) is 2. The predicted octanol–water partition coefficient (Wildman–Crippen LogP) is 4.23. The molecular formula is C16H18O2. The highest BCUT2D eigenvalue weighted by Crippen LogP contribution is 2.30. The molecule has 0 amide bonds. The van der Waals surface area contributed by atoms with Crippen molar-refractivity contribution >= 4 is 0 Å². The van der Waals surface area contributed by atoms with E-state index in [4.69, 9.17) is 4.74 Å². The molecule has 2 heteroatoms. The van der Waals surface area contributed by atoms with E-state index in [1.807, 2.05) is 62.4 Å². The highest BCUT2D eigenvalue weighted by atomic mass is 16.5. The molecule has 0 aliphatic carbocycles. The van der Waals surface area contributed by atoms with Gasteiger partial charge in [0.25, 0.3) is 0 Å². The quantitative estimate of drug-likeness (QED) is 0.869. The van der Waals surface area contributed by atoms with Gasteiger partial charge in [-0.25, -0.2) is 0 Å². The SMILES string of the molecule is CCC(O)c1ccccc1Oc1ccc(C)cc1. The molecule has 0 radical (unpaired) electrons. The third kappa shape index (κ3) is 2.90. The largest absolute Gasteiger partial charge is 0.457 e. The van der Waals surface area contributed by atoms with Gasteiger partial charge < -0.3 is 9.84 Å². The third-order valence-electron chi connectivity index (χ3n) is 2.91. The molecule has 1 N–H and O–H groups in total. The zero-order valence-corrected chi connectivity index (χ0v) is 10.8. The number of hydrogen-bond donors (Lipinski definition) is 1. The average Bonchev–Trinajstić information content (AvgIpc) is 2.41. The van der Waals surface area contributed by atoms with E-state index in [9.17, 15) is 5.11 Å². The first-order valence-electron chi connectivity index (χ1n) is 6.22. The summed E-state index contributed by atoms with van der Waals surface area (Å²) >= 11 is 0. The van der Waals surface area contributed by atoms with E-state index < -0.39 is 6.10 Å². The molecule has 0 fully saturated rings. The van der Waals surface area contributed by atoms with Gasteiger partial charge in [0.1, 0.15) is 11.5 Å². The summed E-state index contributed by atoms with van der Waals surface area (Å²) in [6.45, 7) is 3.99. The number of aryl methyl sites for hydroxylation is 1. The highest BCUT2D eigenvalue weighted by molar-refractivity contribution is 5.39. The lowest BCUT2D eigenvalue weighted by Gasteiger charge is -2.14. The second kappa shape index (κ2) is 5.69. The Morgan fingerprint density at radius 2 is 1.72 bits per heavy atom. The Hall–Kier alpha value is -1.80. The number of ether oxygens (including phenoxy) is 1. The zero-order chi connectivity index (χ0) is 13.0. The van der Waals surface area contributed by atoms with Crippen molar-refractivity contribution in [2.24, 2.45) is 0 Å². The molecule has 0 saturated carbocycles. The zero-order valence-electron chi connectivity index (χ0n) is 10.8. The van der Waals surface area contributed by atoms with Gasteiger partial charge in [-0.05, 0) is 31.5 Å². The molecule has 0 aliphatic rings. The minimum atomic E-state index is -0.480. The first-order valence-corrected chi connectivity index (χ1v) is 6.22. The Morgan fingerprint density at radius 3 is 2.39 bits per heavy atom. The summed E-state index contributed by atoms with van der Waals surface area (Å²) in [5.74, 6) is 1.51. The topological polar surface area (TPSA) is 29.5 Å². The van der Waals surface area contributed by atoms with Crippen LogP contribution in [0.4, 0.5) is 0 Å². The Labute approximate surface area is 108 Å². The third-order valence-corrected chi connectivity index (χ3v) is 2.91. The Kier molecular flexibility index (Phi) is 4.00. The summed E-state index contributed by atoms with van der Waals surface area (Å²) in [5.41, 5.74) is 2.03. The second-order valence-electron chi connectivity index (χ2n) is 4.38. The van der Waals surface area contributed by atoms with Crippen LogP contribution in [0.25, 0.3) is 0 Å². The molecule has 2 rings (SSSR count). The van der Waals surface area contributed by atoms with E-state index in [1.165, 1.54) is 5.56 Å². The van der Waals surface area contributed by atoms with Crippen molar-refractivity contribution in [3.8, 4) is 11.5 Å². The van der Waals surface area contributed by atoms with Gasteiger partial charge in [-0.1, -0.05) is 42.8 Å². The minimum absolute atomic E-state index is 0.480. The van der Waals surface area contributed by atoms with Gasteiger partial charge in [-0.3, -0.25) is 0 Å². The number of rotatable bonds is 4. The molecule has 1 atom stereocenters. The number of aliphatic hydroxyl groups excluding tert-OH is 1. The fraction of sp³-hybridized carbons (Fsp3) is 0.250. The summed E-state index contributed by atoms with van der Waals surface area (Å²) in [5, 5.41) is 9.95. The Bertz CT molecular complexity index is 503. The van der Waals surface area contributed by atoms with Gasteiger partial charge in [0.05, 0.1) is 6.10 Å². The highest BCUT2D eigenvalue weighted by Gasteiger charge is 2.11. The van der Waals surface area contributed by atoms with Gasteiger partial charge in [-0.2, -0.15) is 0 Å². The monoisotopic (exact) mass is 242 g/mol. The van der Waals surface area contributed by atoms with E-state index in [1.54, 1.807) is 0 Å². The normalized spacial score (nSPS) is 12.2. The maximum atomic E-state index is 9.95. The van der Waals surface area contributed by atoms with Crippen molar-refractivity contribution in [2.75, 3.05) is 0 Å². The predicted molar refractivity (Wildman–Crippen MR) is 72.9 cm³/mol. The van der Waals surface area contributed by atoms with E-state index in [0.717, 1.165) is 17.1 Å². The molecule has 0 bridgehead atoms. The van der Waals surface area contributed by atoms with Crippen LogP contribution in [0.1, 0.15) is 30.6 Å². The van der Waals surface area contributed by atoms with Crippen LogP contribution in [-0.4, -0.2) is 5.11 Å². The molecule has 0 aromatic heterocycles. The number of para-hydroxylation sites is 1. The summed E-state index contributed by atoms with van der Waals surface area (Å²) < 4.78 is 5.83. The molecule has 2 aromatic carbocycles. The first kappa shape index (κ1) is 12.7. The molecule has 2 nitrogen and oxygen atoms in total. The molecule has 18 heavy (non-hydrogen) atoms. The summed E-state index contributed by atoms with van der Waals surface area (Å²) in [6, 6.07) is 15.5. The molecule has 0 aliphatic heterocycles.